The van der Waals surface area contributed by atoms with Crippen LogP contribution in [0, 0.1) is 11.6 Å². The van der Waals surface area contributed by atoms with Crippen LogP contribution in [-0.2, 0) is 0 Å². The van der Waals surface area contributed by atoms with Gasteiger partial charge in [0.1, 0.15) is 11.6 Å². The van der Waals surface area contributed by atoms with Crippen LogP contribution in [0.2, 0.25) is 0 Å². The lowest BCUT2D eigenvalue weighted by atomic mass is 10.0. The van der Waals surface area contributed by atoms with E-state index in [1.165, 1.54) is 18.6 Å². The van der Waals surface area contributed by atoms with Crippen molar-refractivity contribution in [3.8, 4) is 0 Å². The first-order valence-electron chi connectivity index (χ1n) is 8.04. The summed E-state index contributed by atoms with van der Waals surface area (Å²) in [5.74, 6) is 0.731. The van der Waals surface area contributed by atoms with Gasteiger partial charge in [0, 0.05) is 31.6 Å². The van der Waals surface area contributed by atoms with Crippen LogP contribution in [0.5, 0.6) is 0 Å². The molecule has 0 heterocycles. The lowest BCUT2D eigenvalue weighted by molar-refractivity contribution is 0.560. The molecule has 1 unspecified atom stereocenters. The van der Waals surface area contributed by atoms with E-state index in [-0.39, 0.29) is 29.9 Å². The highest BCUT2D eigenvalue weighted by molar-refractivity contribution is 14.0. The Hall–Kier alpha value is -0.570. The maximum atomic E-state index is 13.8. The van der Waals surface area contributed by atoms with E-state index < -0.39 is 11.6 Å². The number of aliphatic imine (C=N–C) groups is 1. The largest absolute Gasteiger partial charge is 0.357 e. The quantitative estimate of drug-likeness (QED) is 0.243. The monoisotopic (exact) mass is 471 g/mol. The third-order valence-electron chi connectivity index (χ3n) is 3.43. The molecule has 1 rings (SSSR count). The SMILES string of the molecule is CCNC(=NCC(C)c1ccc(F)cc1F)NCCCCSC.I. The molecular weight excluding hydrogens is 443 g/mol. The summed E-state index contributed by atoms with van der Waals surface area (Å²) in [6.45, 7) is 5.99. The van der Waals surface area contributed by atoms with Crippen molar-refractivity contribution in [1.82, 2.24) is 10.6 Å². The van der Waals surface area contributed by atoms with Crippen molar-refractivity contribution in [3.05, 3.63) is 35.4 Å². The first kappa shape index (κ1) is 23.4. The second kappa shape index (κ2) is 13.7. The predicted octanol–water partition coefficient (Wildman–Crippen LogP) is 4.38. The van der Waals surface area contributed by atoms with Crippen molar-refractivity contribution < 1.29 is 8.78 Å². The van der Waals surface area contributed by atoms with Crippen molar-refractivity contribution in [2.45, 2.75) is 32.6 Å². The van der Waals surface area contributed by atoms with Gasteiger partial charge in [-0.1, -0.05) is 13.0 Å². The van der Waals surface area contributed by atoms with E-state index in [2.05, 4.69) is 21.9 Å². The fourth-order valence-electron chi connectivity index (χ4n) is 2.15. The molecule has 3 nitrogen and oxygen atoms in total. The summed E-state index contributed by atoms with van der Waals surface area (Å²) in [5, 5.41) is 6.47. The molecule has 0 aromatic heterocycles. The van der Waals surface area contributed by atoms with E-state index in [1.807, 2.05) is 25.6 Å². The van der Waals surface area contributed by atoms with Gasteiger partial charge in [-0.05, 0) is 43.4 Å². The van der Waals surface area contributed by atoms with E-state index in [9.17, 15) is 8.78 Å². The van der Waals surface area contributed by atoms with Gasteiger partial charge in [-0.3, -0.25) is 4.99 Å². The molecule has 0 amide bonds. The average molecular weight is 471 g/mol. The first-order chi connectivity index (χ1) is 11.1. The third-order valence-corrected chi connectivity index (χ3v) is 4.13. The molecule has 2 N–H and O–H groups in total. The Labute approximate surface area is 165 Å². The molecule has 0 saturated carbocycles. The minimum atomic E-state index is -0.554. The summed E-state index contributed by atoms with van der Waals surface area (Å²) < 4.78 is 26.7. The topological polar surface area (TPSA) is 36.4 Å². The number of thioether (sulfide) groups is 1. The minimum absolute atomic E-state index is 0. The van der Waals surface area contributed by atoms with Gasteiger partial charge in [-0.25, -0.2) is 8.78 Å². The van der Waals surface area contributed by atoms with Gasteiger partial charge in [0.25, 0.3) is 0 Å². The highest BCUT2D eigenvalue weighted by Crippen LogP contribution is 2.20. The number of rotatable bonds is 9. The van der Waals surface area contributed by atoms with Gasteiger partial charge in [0.15, 0.2) is 5.96 Å². The summed E-state index contributed by atoms with van der Waals surface area (Å²) >= 11 is 1.85. The van der Waals surface area contributed by atoms with Crippen molar-refractivity contribution in [3.63, 3.8) is 0 Å². The van der Waals surface area contributed by atoms with Crippen LogP contribution in [0.4, 0.5) is 8.78 Å². The van der Waals surface area contributed by atoms with Crippen LogP contribution < -0.4 is 10.6 Å². The lowest BCUT2D eigenvalue weighted by Crippen LogP contribution is -2.38. The fourth-order valence-corrected chi connectivity index (χ4v) is 2.64. The second-order valence-electron chi connectivity index (χ2n) is 5.41. The maximum Gasteiger partial charge on any atom is 0.191 e. The highest BCUT2D eigenvalue weighted by Gasteiger charge is 2.11. The zero-order chi connectivity index (χ0) is 17.1. The molecule has 0 saturated heterocycles. The smallest absolute Gasteiger partial charge is 0.191 e. The number of nitrogens with one attached hydrogen (secondary N) is 2. The Morgan fingerprint density at radius 2 is 2.00 bits per heavy atom. The second-order valence-corrected chi connectivity index (χ2v) is 6.40. The van der Waals surface area contributed by atoms with E-state index >= 15 is 0 Å². The molecule has 0 aliphatic carbocycles. The van der Waals surface area contributed by atoms with E-state index in [1.54, 1.807) is 0 Å². The molecule has 7 heteroatoms. The van der Waals surface area contributed by atoms with E-state index in [0.29, 0.717) is 12.1 Å². The molecule has 0 aliphatic rings. The molecule has 0 fully saturated rings. The molecule has 0 aliphatic heterocycles. The highest BCUT2D eigenvalue weighted by atomic mass is 127. The van der Waals surface area contributed by atoms with Crippen LogP contribution >= 0.6 is 35.7 Å². The van der Waals surface area contributed by atoms with Gasteiger partial charge in [-0.2, -0.15) is 11.8 Å². The summed E-state index contributed by atoms with van der Waals surface area (Å²) in [6, 6.07) is 3.70. The summed E-state index contributed by atoms with van der Waals surface area (Å²) in [7, 11) is 0. The Balaban J connectivity index is 0.00000529. The normalized spacial score (nSPS) is 12.5. The number of unbranched alkanes of at least 4 members (excludes halogenated alkanes) is 1. The van der Waals surface area contributed by atoms with Crippen LogP contribution in [-0.4, -0.2) is 37.6 Å². The van der Waals surface area contributed by atoms with E-state index in [4.69, 9.17) is 0 Å². The number of hydrogen-bond donors (Lipinski definition) is 2. The third kappa shape index (κ3) is 9.05. The van der Waals surface area contributed by atoms with Crippen LogP contribution in [0.15, 0.2) is 23.2 Å². The Kier molecular flexibility index (Phi) is 13.4. The Morgan fingerprint density at radius 3 is 2.62 bits per heavy atom. The summed E-state index contributed by atoms with van der Waals surface area (Å²) in [5.41, 5.74) is 0.492. The minimum Gasteiger partial charge on any atom is -0.357 e. The zero-order valence-electron chi connectivity index (χ0n) is 14.6. The number of hydrogen-bond acceptors (Lipinski definition) is 2. The predicted molar refractivity (Wildman–Crippen MR) is 112 cm³/mol. The molecule has 0 spiro atoms. The number of guanidine groups is 1. The number of halogens is 3. The maximum absolute atomic E-state index is 13.8. The zero-order valence-corrected chi connectivity index (χ0v) is 17.7. The fraction of sp³-hybridized carbons (Fsp3) is 0.588. The Bertz CT molecular complexity index is 501. The molecule has 138 valence electrons. The lowest BCUT2D eigenvalue weighted by Gasteiger charge is -2.14. The summed E-state index contributed by atoms with van der Waals surface area (Å²) in [4.78, 5) is 4.50. The Morgan fingerprint density at radius 1 is 1.25 bits per heavy atom. The molecule has 0 bridgehead atoms. The summed E-state index contributed by atoms with van der Waals surface area (Å²) in [6.07, 6.45) is 4.37. The molecule has 24 heavy (non-hydrogen) atoms. The van der Waals surface area contributed by atoms with Crippen LogP contribution in [0.1, 0.15) is 38.2 Å². The molecule has 0 radical (unpaired) electrons. The molecular formula is C17H28F2IN3S. The first-order valence-corrected chi connectivity index (χ1v) is 9.44. The molecule has 1 atom stereocenters. The van der Waals surface area contributed by atoms with Crippen molar-refractivity contribution in [1.29, 1.82) is 0 Å². The molecule has 1 aromatic rings. The number of nitrogens with zero attached hydrogens (tertiary/aromatic N) is 1. The number of benzene rings is 1. The standard InChI is InChI=1S/C17H27F2N3S.HI/c1-4-20-17(21-9-5-6-10-23-3)22-12-13(2)15-8-7-14(18)11-16(15)19;/h7-8,11,13H,4-6,9-10,12H2,1-3H3,(H2,20,21,22);1H. The molecule has 1 aromatic carbocycles. The van der Waals surface area contributed by atoms with Crippen molar-refractivity contribution in [2.75, 3.05) is 31.6 Å². The van der Waals surface area contributed by atoms with Gasteiger partial charge >= 0.3 is 0 Å². The van der Waals surface area contributed by atoms with Crippen molar-refractivity contribution >= 4 is 41.7 Å². The van der Waals surface area contributed by atoms with Gasteiger partial charge in [-0.15, -0.1) is 24.0 Å². The van der Waals surface area contributed by atoms with Crippen LogP contribution in [0.3, 0.4) is 0 Å². The van der Waals surface area contributed by atoms with E-state index in [0.717, 1.165) is 37.3 Å². The van der Waals surface area contributed by atoms with Crippen molar-refractivity contribution in [2.24, 2.45) is 4.99 Å². The van der Waals surface area contributed by atoms with Crippen LogP contribution in [0.25, 0.3) is 0 Å². The van der Waals surface area contributed by atoms with Gasteiger partial charge in [0.2, 0.25) is 0 Å². The van der Waals surface area contributed by atoms with Gasteiger partial charge in [0.05, 0.1) is 0 Å². The van der Waals surface area contributed by atoms with Gasteiger partial charge < -0.3 is 10.6 Å². The average Bonchev–Trinajstić information content (AvgIpc) is 2.52.